The molecule has 0 aliphatic heterocycles. The zero-order valence-electron chi connectivity index (χ0n) is 11.7. The molecule has 0 aliphatic rings. The van der Waals surface area contributed by atoms with Gasteiger partial charge >= 0.3 is 0 Å². The zero-order valence-corrected chi connectivity index (χ0v) is 12.5. The summed E-state index contributed by atoms with van der Waals surface area (Å²) in [5.74, 6) is 0.918. The van der Waals surface area contributed by atoms with Crippen molar-refractivity contribution in [1.29, 1.82) is 0 Å². The Morgan fingerprint density at radius 2 is 2.26 bits per heavy atom. The average Bonchev–Trinajstić information content (AvgIpc) is 3.00. The number of thiazole rings is 1. The summed E-state index contributed by atoms with van der Waals surface area (Å²) in [6, 6.07) is 0.189. The number of nitrogens with one attached hydrogen (secondary N) is 1. The van der Waals surface area contributed by atoms with Crippen LogP contribution in [-0.4, -0.2) is 14.8 Å². The van der Waals surface area contributed by atoms with Crippen molar-refractivity contribution in [3.63, 3.8) is 0 Å². The van der Waals surface area contributed by atoms with Gasteiger partial charge in [0.1, 0.15) is 10.8 Å². The van der Waals surface area contributed by atoms with E-state index in [1.165, 1.54) is 0 Å². The van der Waals surface area contributed by atoms with Crippen molar-refractivity contribution < 1.29 is 0 Å². The smallest absolute Gasteiger partial charge is 0.148 e. The highest BCUT2D eigenvalue weighted by atomic mass is 32.1. The summed E-state index contributed by atoms with van der Waals surface area (Å²) in [5, 5.41) is 11.1. The molecule has 2 aromatic heterocycles. The van der Waals surface area contributed by atoms with E-state index in [0.717, 1.165) is 41.6 Å². The van der Waals surface area contributed by atoms with E-state index in [9.17, 15) is 0 Å². The lowest BCUT2D eigenvalue weighted by Crippen LogP contribution is -2.14. The third-order valence-corrected chi connectivity index (χ3v) is 3.97. The second-order valence-corrected chi connectivity index (χ2v) is 5.47. The van der Waals surface area contributed by atoms with Crippen LogP contribution in [0.25, 0.3) is 0 Å². The van der Waals surface area contributed by atoms with Gasteiger partial charge in [-0.1, -0.05) is 13.8 Å². The number of anilines is 2. The normalized spacial score (nSPS) is 12.6. The van der Waals surface area contributed by atoms with Crippen molar-refractivity contribution in [3.8, 4) is 0 Å². The Balaban J connectivity index is 2.26. The largest absolute Gasteiger partial charge is 0.394 e. The van der Waals surface area contributed by atoms with Crippen LogP contribution in [0.4, 0.5) is 11.5 Å². The van der Waals surface area contributed by atoms with Crippen LogP contribution in [0.3, 0.4) is 0 Å². The molecule has 0 saturated heterocycles. The maximum Gasteiger partial charge on any atom is 0.148 e. The molecule has 19 heavy (non-hydrogen) atoms. The lowest BCUT2D eigenvalue weighted by Gasteiger charge is -2.17. The number of hydrogen-bond donors (Lipinski definition) is 2. The number of rotatable bonds is 6. The summed E-state index contributed by atoms with van der Waals surface area (Å²) in [7, 11) is 0. The first-order valence-electron chi connectivity index (χ1n) is 6.66. The van der Waals surface area contributed by atoms with Gasteiger partial charge in [-0.05, 0) is 19.8 Å². The van der Waals surface area contributed by atoms with Crippen LogP contribution in [0, 0.1) is 6.92 Å². The van der Waals surface area contributed by atoms with Gasteiger partial charge in [-0.3, -0.25) is 0 Å². The molecule has 6 heteroatoms. The predicted molar refractivity (Wildman–Crippen MR) is 80.4 cm³/mol. The van der Waals surface area contributed by atoms with Crippen LogP contribution in [0.5, 0.6) is 0 Å². The van der Waals surface area contributed by atoms with Gasteiger partial charge in [-0.25, -0.2) is 9.67 Å². The lowest BCUT2D eigenvalue weighted by molar-refractivity contribution is 0.594. The molecule has 0 aromatic carbocycles. The molecule has 0 radical (unpaired) electrons. The van der Waals surface area contributed by atoms with Crippen LogP contribution >= 0.6 is 11.3 Å². The molecule has 2 heterocycles. The summed E-state index contributed by atoms with van der Waals surface area (Å²) in [6.07, 6.45) is 3.83. The van der Waals surface area contributed by atoms with Crippen LogP contribution in [0.1, 0.15) is 43.4 Å². The van der Waals surface area contributed by atoms with Gasteiger partial charge in [-0.2, -0.15) is 5.10 Å². The highest BCUT2D eigenvalue weighted by Gasteiger charge is 2.18. The Morgan fingerprint density at radius 1 is 1.47 bits per heavy atom. The maximum atomic E-state index is 6.13. The number of aromatic nitrogens is 3. The van der Waals surface area contributed by atoms with E-state index >= 15 is 0 Å². The summed E-state index contributed by atoms with van der Waals surface area (Å²) < 4.78 is 1.96. The second-order valence-electron chi connectivity index (χ2n) is 4.55. The Labute approximate surface area is 117 Å². The van der Waals surface area contributed by atoms with E-state index in [2.05, 4.69) is 29.2 Å². The SMILES string of the molecule is CCCn1nc(C)c(N)c1NC(CC)c1nccs1. The van der Waals surface area contributed by atoms with Gasteiger partial charge in [0.2, 0.25) is 0 Å². The molecule has 1 atom stereocenters. The van der Waals surface area contributed by atoms with Gasteiger partial charge in [0.25, 0.3) is 0 Å². The molecular formula is C13H21N5S. The van der Waals surface area contributed by atoms with Crippen molar-refractivity contribution in [3.05, 3.63) is 22.3 Å². The average molecular weight is 279 g/mol. The number of hydrogen-bond acceptors (Lipinski definition) is 5. The molecule has 2 rings (SSSR count). The maximum absolute atomic E-state index is 6.13. The number of nitrogens with zero attached hydrogens (tertiary/aromatic N) is 3. The van der Waals surface area contributed by atoms with E-state index in [0.29, 0.717) is 0 Å². The molecule has 0 aliphatic carbocycles. The van der Waals surface area contributed by atoms with Crippen molar-refractivity contribution in [2.75, 3.05) is 11.1 Å². The second kappa shape index (κ2) is 6.06. The summed E-state index contributed by atoms with van der Waals surface area (Å²) in [6.45, 7) is 7.09. The first-order valence-corrected chi connectivity index (χ1v) is 7.54. The van der Waals surface area contributed by atoms with Gasteiger partial charge < -0.3 is 11.1 Å². The quantitative estimate of drug-likeness (QED) is 0.852. The number of aryl methyl sites for hydroxylation is 2. The Morgan fingerprint density at radius 3 is 2.84 bits per heavy atom. The predicted octanol–water partition coefficient (Wildman–Crippen LogP) is 3.20. The molecule has 104 valence electrons. The molecule has 5 nitrogen and oxygen atoms in total. The lowest BCUT2D eigenvalue weighted by atomic mass is 10.2. The van der Waals surface area contributed by atoms with Crippen LogP contribution in [0.2, 0.25) is 0 Å². The van der Waals surface area contributed by atoms with E-state index in [1.54, 1.807) is 11.3 Å². The molecule has 0 fully saturated rings. The Kier molecular flexibility index (Phi) is 4.42. The molecule has 2 aromatic rings. The van der Waals surface area contributed by atoms with E-state index in [1.807, 2.05) is 23.2 Å². The fourth-order valence-corrected chi connectivity index (χ4v) is 2.80. The Hall–Kier alpha value is -1.56. The highest BCUT2D eigenvalue weighted by molar-refractivity contribution is 7.09. The van der Waals surface area contributed by atoms with Crippen molar-refractivity contribution in [2.24, 2.45) is 0 Å². The van der Waals surface area contributed by atoms with Gasteiger partial charge in [-0.15, -0.1) is 11.3 Å². The minimum absolute atomic E-state index is 0.189. The first-order chi connectivity index (χ1) is 9.17. The minimum Gasteiger partial charge on any atom is -0.394 e. The summed E-state index contributed by atoms with van der Waals surface area (Å²) in [5.41, 5.74) is 7.75. The van der Waals surface area contributed by atoms with Crippen LogP contribution in [0.15, 0.2) is 11.6 Å². The van der Waals surface area contributed by atoms with Crippen LogP contribution in [-0.2, 0) is 6.54 Å². The molecule has 0 spiro atoms. The topological polar surface area (TPSA) is 68.8 Å². The van der Waals surface area contributed by atoms with Gasteiger partial charge in [0, 0.05) is 18.1 Å². The highest BCUT2D eigenvalue weighted by Crippen LogP contribution is 2.29. The van der Waals surface area contributed by atoms with Crippen molar-refractivity contribution in [2.45, 2.75) is 46.2 Å². The fraction of sp³-hybridized carbons (Fsp3) is 0.538. The van der Waals surface area contributed by atoms with Crippen LogP contribution < -0.4 is 11.1 Å². The number of nitrogens with two attached hydrogens (primary N) is 1. The van der Waals surface area contributed by atoms with Crippen molar-refractivity contribution in [1.82, 2.24) is 14.8 Å². The molecule has 0 amide bonds. The van der Waals surface area contributed by atoms with Gasteiger partial charge in [0.05, 0.1) is 17.4 Å². The molecule has 1 unspecified atom stereocenters. The standard InChI is InChI=1S/C13H21N5S/c1-4-7-18-12(11(14)9(3)17-18)16-10(5-2)13-15-6-8-19-13/h6,8,10,16H,4-5,7,14H2,1-3H3. The number of nitrogen functional groups attached to an aromatic ring is 1. The molecule has 3 N–H and O–H groups in total. The zero-order chi connectivity index (χ0) is 13.8. The minimum atomic E-state index is 0.189. The third kappa shape index (κ3) is 2.89. The Bertz CT molecular complexity index is 517. The first kappa shape index (κ1) is 13.9. The molecular weight excluding hydrogens is 258 g/mol. The van der Waals surface area contributed by atoms with E-state index < -0.39 is 0 Å². The van der Waals surface area contributed by atoms with E-state index in [4.69, 9.17) is 5.73 Å². The molecule has 0 bridgehead atoms. The third-order valence-electron chi connectivity index (χ3n) is 3.08. The monoisotopic (exact) mass is 279 g/mol. The van der Waals surface area contributed by atoms with Crippen molar-refractivity contribution >= 4 is 22.8 Å². The summed E-state index contributed by atoms with van der Waals surface area (Å²) >= 11 is 1.66. The van der Waals surface area contributed by atoms with Gasteiger partial charge in [0.15, 0.2) is 0 Å². The summed E-state index contributed by atoms with van der Waals surface area (Å²) in [4.78, 5) is 4.38. The van der Waals surface area contributed by atoms with E-state index in [-0.39, 0.29) is 6.04 Å². The molecule has 0 saturated carbocycles. The fourth-order valence-electron chi connectivity index (χ4n) is 2.03.